The van der Waals surface area contributed by atoms with Crippen LogP contribution in [0.4, 0.5) is 5.69 Å². The highest BCUT2D eigenvalue weighted by Crippen LogP contribution is 2.13. The van der Waals surface area contributed by atoms with E-state index in [0.29, 0.717) is 17.0 Å². The van der Waals surface area contributed by atoms with E-state index in [1.165, 1.54) is 0 Å². The Bertz CT molecular complexity index is 663. The van der Waals surface area contributed by atoms with E-state index in [1.54, 1.807) is 31.4 Å². The van der Waals surface area contributed by atoms with E-state index in [1.807, 2.05) is 31.2 Å². The Hall–Kier alpha value is -2.82. The quantitative estimate of drug-likeness (QED) is 0.670. The van der Waals surface area contributed by atoms with Crippen molar-refractivity contribution in [2.24, 2.45) is 10.7 Å². The minimum Gasteiger partial charge on any atom is -0.497 e. The monoisotopic (exact) mass is 283 g/mol. The lowest BCUT2D eigenvalue weighted by molar-refractivity contribution is 0.0976. The van der Waals surface area contributed by atoms with Crippen LogP contribution in [-0.2, 0) is 0 Å². The largest absolute Gasteiger partial charge is 0.497 e. The molecule has 1 amide bonds. The average molecular weight is 283 g/mol. The molecule has 5 nitrogen and oxygen atoms in total. The second-order valence-electron chi connectivity index (χ2n) is 4.52. The van der Waals surface area contributed by atoms with Gasteiger partial charge in [0.05, 0.1) is 12.8 Å². The lowest BCUT2D eigenvalue weighted by Gasteiger charge is -2.05. The van der Waals surface area contributed by atoms with Crippen molar-refractivity contribution < 1.29 is 9.53 Å². The molecule has 0 atom stereocenters. The molecule has 0 radical (unpaired) electrons. The second kappa shape index (κ2) is 6.56. The summed E-state index contributed by atoms with van der Waals surface area (Å²) in [4.78, 5) is 16.2. The maximum atomic E-state index is 12.0. The highest BCUT2D eigenvalue weighted by atomic mass is 16.5. The lowest BCUT2D eigenvalue weighted by atomic mass is 10.2. The Morgan fingerprint density at radius 3 is 2.52 bits per heavy atom. The van der Waals surface area contributed by atoms with Crippen LogP contribution in [-0.4, -0.2) is 19.0 Å². The molecule has 0 aromatic heterocycles. The Kier molecular flexibility index (Phi) is 4.56. The van der Waals surface area contributed by atoms with Crippen LogP contribution in [0, 0.1) is 6.92 Å². The van der Waals surface area contributed by atoms with Crippen molar-refractivity contribution in [3.63, 3.8) is 0 Å². The van der Waals surface area contributed by atoms with Crippen LogP contribution in [0.15, 0.2) is 53.5 Å². The van der Waals surface area contributed by atoms with E-state index >= 15 is 0 Å². The summed E-state index contributed by atoms with van der Waals surface area (Å²) >= 11 is 0. The van der Waals surface area contributed by atoms with Crippen LogP contribution < -0.4 is 15.8 Å². The summed E-state index contributed by atoms with van der Waals surface area (Å²) in [5.41, 5.74) is 8.00. The molecule has 0 bridgehead atoms. The average Bonchev–Trinajstić information content (AvgIpc) is 2.47. The number of rotatable bonds is 3. The maximum Gasteiger partial charge on any atom is 0.257 e. The van der Waals surface area contributed by atoms with Crippen molar-refractivity contribution >= 4 is 17.6 Å². The zero-order valence-electron chi connectivity index (χ0n) is 12.0. The number of carbonyl (C=O) groups is 1. The van der Waals surface area contributed by atoms with Crippen molar-refractivity contribution in [2.45, 2.75) is 6.92 Å². The third kappa shape index (κ3) is 4.07. The summed E-state index contributed by atoms with van der Waals surface area (Å²) in [7, 11) is 1.57. The van der Waals surface area contributed by atoms with Gasteiger partial charge in [0.2, 0.25) is 5.96 Å². The van der Waals surface area contributed by atoms with Crippen LogP contribution in [0.3, 0.4) is 0 Å². The van der Waals surface area contributed by atoms with Crippen LogP contribution in [0.5, 0.6) is 5.75 Å². The minimum absolute atomic E-state index is 0.0569. The second-order valence-corrected chi connectivity index (χ2v) is 4.52. The van der Waals surface area contributed by atoms with Crippen molar-refractivity contribution in [3.05, 3.63) is 59.7 Å². The van der Waals surface area contributed by atoms with Gasteiger partial charge in [-0.05, 0) is 48.9 Å². The predicted octanol–water partition coefficient (Wildman–Crippen LogP) is 2.38. The molecule has 21 heavy (non-hydrogen) atoms. The van der Waals surface area contributed by atoms with Gasteiger partial charge < -0.3 is 10.5 Å². The molecule has 0 aliphatic rings. The van der Waals surface area contributed by atoms with Gasteiger partial charge >= 0.3 is 0 Å². The van der Waals surface area contributed by atoms with E-state index in [9.17, 15) is 4.79 Å². The van der Waals surface area contributed by atoms with Gasteiger partial charge in [-0.25, -0.2) is 4.99 Å². The number of benzene rings is 2. The van der Waals surface area contributed by atoms with Crippen molar-refractivity contribution in [1.29, 1.82) is 0 Å². The number of nitrogens with zero attached hydrogens (tertiary/aromatic N) is 1. The molecule has 108 valence electrons. The number of guanidine groups is 1. The first-order valence-electron chi connectivity index (χ1n) is 6.45. The maximum absolute atomic E-state index is 12.0. The molecular formula is C16H17N3O2. The Balaban J connectivity index is 2.07. The van der Waals surface area contributed by atoms with Gasteiger partial charge in [-0.3, -0.25) is 10.1 Å². The van der Waals surface area contributed by atoms with Crippen LogP contribution in [0.2, 0.25) is 0 Å². The number of nitrogens with two attached hydrogens (primary N) is 1. The van der Waals surface area contributed by atoms with Crippen molar-refractivity contribution in [1.82, 2.24) is 5.32 Å². The topological polar surface area (TPSA) is 76.7 Å². The van der Waals surface area contributed by atoms with Gasteiger partial charge in [0.15, 0.2) is 0 Å². The molecule has 0 heterocycles. The summed E-state index contributed by atoms with van der Waals surface area (Å²) in [6, 6.07) is 14.3. The fourth-order valence-corrected chi connectivity index (χ4v) is 1.80. The lowest BCUT2D eigenvalue weighted by Crippen LogP contribution is -2.36. The third-order valence-electron chi connectivity index (χ3n) is 2.85. The number of ether oxygens (including phenoxy) is 1. The first-order chi connectivity index (χ1) is 10.1. The van der Waals surface area contributed by atoms with Gasteiger partial charge in [-0.15, -0.1) is 0 Å². The summed E-state index contributed by atoms with van der Waals surface area (Å²) in [6.45, 7) is 1.96. The van der Waals surface area contributed by atoms with E-state index in [2.05, 4.69) is 10.3 Å². The summed E-state index contributed by atoms with van der Waals surface area (Å²) in [6.07, 6.45) is 0. The highest BCUT2D eigenvalue weighted by molar-refractivity contribution is 6.05. The molecule has 2 aromatic carbocycles. The van der Waals surface area contributed by atoms with E-state index in [4.69, 9.17) is 10.5 Å². The van der Waals surface area contributed by atoms with E-state index in [-0.39, 0.29) is 11.9 Å². The Morgan fingerprint density at radius 2 is 1.90 bits per heavy atom. The molecule has 5 heteroatoms. The summed E-state index contributed by atoms with van der Waals surface area (Å²) in [5, 5.41) is 2.55. The standard InChI is InChI=1S/C16H17N3O2/c1-11-4-3-5-13(10-11)18-16(17)19-15(20)12-6-8-14(21-2)9-7-12/h3-10H,1-2H3,(H3,17,18,19,20). The number of methoxy groups -OCH3 is 1. The molecule has 0 unspecified atom stereocenters. The minimum atomic E-state index is -0.313. The normalized spacial score (nSPS) is 11.0. The molecule has 2 rings (SSSR count). The fourth-order valence-electron chi connectivity index (χ4n) is 1.80. The highest BCUT2D eigenvalue weighted by Gasteiger charge is 2.07. The molecule has 0 saturated carbocycles. The number of amides is 1. The molecule has 0 spiro atoms. The SMILES string of the molecule is COc1ccc(C(=O)NC(N)=Nc2cccc(C)c2)cc1. The van der Waals surface area contributed by atoms with Crippen LogP contribution >= 0.6 is 0 Å². The first-order valence-corrected chi connectivity index (χ1v) is 6.45. The van der Waals surface area contributed by atoms with E-state index < -0.39 is 0 Å². The summed E-state index contributed by atoms with van der Waals surface area (Å²) < 4.78 is 5.04. The number of carbonyl (C=O) groups excluding carboxylic acids is 1. The molecule has 0 fully saturated rings. The zero-order chi connectivity index (χ0) is 15.2. The van der Waals surface area contributed by atoms with E-state index in [0.717, 1.165) is 5.56 Å². The van der Waals surface area contributed by atoms with Gasteiger partial charge in [0.25, 0.3) is 5.91 Å². The number of hydrogen-bond donors (Lipinski definition) is 2. The zero-order valence-corrected chi connectivity index (χ0v) is 12.0. The fraction of sp³-hybridized carbons (Fsp3) is 0.125. The number of hydrogen-bond acceptors (Lipinski definition) is 3. The number of aliphatic imine (C=N–C) groups is 1. The Morgan fingerprint density at radius 1 is 1.19 bits per heavy atom. The van der Waals surface area contributed by atoms with Crippen LogP contribution in [0.25, 0.3) is 0 Å². The molecular weight excluding hydrogens is 266 g/mol. The van der Waals surface area contributed by atoms with Gasteiger partial charge in [-0.1, -0.05) is 12.1 Å². The Labute approximate surface area is 123 Å². The van der Waals surface area contributed by atoms with Gasteiger partial charge in [0.1, 0.15) is 5.75 Å². The van der Waals surface area contributed by atoms with Crippen LogP contribution in [0.1, 0.15) is 15.9 Å². The van der Waals surface area contributed by atoms with Gasteiger partial charge in [0, 0.05) is 5.56 Å². The molecule has 0 aliphatic heterocycles. The molecule has 0 aliphatic carbocycles. The number of aryl methyl sites for hydroxylation is 1. The third-order valence-corrected chi connectivity index (χ3v) is 2.85. The number of nitrogens with one attached hydrogen (secondary N) is 1. The summed E-state index contributed by atoms with van der Waals surface area (Å²) in [5.74, 6) is 0.431. The van der Waals surface area contributed by atoms with Gasteiger partial charge in [-0.2, -0.15) is 0 Å². The molecule has 0 saturated heterocycles. The first kappa shape index (κ1) is 14.6. The molecule has 3 N–H and O–H groups in total. The molecule has 2 aromatic rings. The smallest absolute Gasteiger partial charge is 0.257 e. The van der Waals surface area contributed by atoms with Crippen molar-refractivity contribution in [3.8, 4) is 5.75 Å². The van der Waals surface area contributed by atoms with Crippen molar-refractivity contribution in [2.75, 3.05) is 7.11 Å². The predicted molar refractivity (Wildman–Crippen MR) is 82.9 cm³/mol.